The summed E-state index contributed by atoms with van der Waals surface area (Å²) in [7, 11) is 0. The zero-order valence-electron chi connectivity index (χ0n) is 13.4. The molecule has 130 valence electrons. The first-order chi connectivity index (χ1) is 12.5. The van der Waals surface area contributed by atoms with Crippen LogP contribution in [0.4, 0.5) is 4.39 Å². The van der Waals surface area contributed by atoms with Gasteiger partial charge < -0.3 is 0 Å². The van der Waals surface area contributed by atoms with Crippen LogP contribution in [0.15, 0.2) is 69.6 Å². The third kappa shape index (κ3) is 2.87. The van der Waals surface area contributed by atoms with Gasteiger partial charge >= 0.3 is 5.69 Å². The maximum atomic E-state index is 13.6. The van der Waals surface area contributed by atoms with Gasteiger partial charge in [-0.2, -0.15) is 0 Å². The fourth-order valence-corrected chi connectivity index (χ4v) is 3.81. The molecule has 0 saturated carbocycles. The molecule has 0 unspecified atom stereocenters. The van der Waals surface area contributed by atoms with E-state index in [1.54, 1.807) is 23.6 Å². The Hall–Kier alpha value is -2.70. The standard InChI is InChI=1S/C19H12ClFN2O2S/c20-13-6-4-12(5-7-13)11-22-16-8-9-26-17(16)18(24)23(19(22)25)15-3-1-2-14(21)10-15/h1-10H,11H2. The van der Waals surface area contributed by atoms with Gasteiger partial charge in [-0.3, -0.25) is 9.36 Å². The lowest BCUT2D eigenvalue weighted by Crippen LogP contribution is -2.38. The van der Waals surface area contributed by atoms with Gasteiger partial charge in [-0.05, 0) is 47.3 Å². The van der Waals surface area contributed by atoms with Crippen molar-refractivity contribution in [3.63, 3.8) is 0 Å². The molecule has 0 bridgehead atoms. The van der Waals surface area contributed by atoms with Crippen molar-refractivity contribution in [2.75, 3.05) is 0 Å². The van der Waals surface area contributed by atoms with Crippen LogP contribution < -0.4 is 11.2 Å². The van der Waals surface area contributed by atoms with Crippen LogP contribution in [0.2, 0.25) is 5.02 Å². The molecule has 0 radical (unpaired) electrons. The lowest BCUT2D eigenvalue weighted by Gasteiger charge is -2.12. The minimum absolute atomic E-state index is 0.208. The second-order valence-electron chi connectivity index (χ2n) is 5.75. The molecule has 0 N–H and O–H groups in total. The van der Waals surface area contributed by atoms with E-state index in [1.807, 2.05) is 12.1 Å². The first-order valence-corrected chi connectivity index (χ1v) is 9.04. The van der Waals surface area contributed by atoms with E-state index >= 15 is 0 Å². The highest BCUT2D eigenvalue weighted by Gasteiger charge is 2.16. The van der Waals surface area contributed by atoms with Crippen LogP contribution in [-0.4, -0.2) is 9.13 Å². The molecule has 0 fully saturated rings. The molecular formula is C19H12ClFN2O2S. The SMILES string of the molecule is O=c1c2sccc2n(Cc2ccc(Cl)cc2)c(=O)n1-c1cccc(F)c1. The van der Waals surface area contributed by atoms with Crippen LogP contribution in [-0.2, 0) is 6.54 Å². The van der Waals surface area contributed by atoms with Gasteiger partial charge in [0, 0.05) is 5.02 Å². The monoisotopic (exact) mass is 386 g/mol. The van der Waals surface area contributed by atoms with Gasteiger partial charge in [-0.25, -0.2) is 13.8 Å². The number of halogens is 2. The van der Waals surface area contributed by atoms with Crippen molar-refractivity contribution in [3.8, 4) is 5.69 Å². The van der Waals surface area contributed by atoms with E-state index < -0.39 is 17.1 Å². The quantitative estimate of drug-likeness (QED) is 0.533. The van der Waals surface area contributed by atoms with Crippen LogP contribution in [0.1, 0.15) is 5.56 Å². The van der Waals surface area contributed by atoms with E-state index in [0.29, 0.717) is 15.2 Å². The Morgan fingerprint density at radius 2 is 1.81 bits per heavy atom. The van der Waals surface area contributed by atoms with Crippen LogP contribution in [0.5, 0.6) is 0 Å². The average molecular weight is 387 g/mol. The largest absolute Gasteiger partial charge is 0.336 e. The van der Waals surface area contributed by atoms with Gasteiger partial charge in [-0.1, -0.05) is 29.8 Å². The molecule has 4 aromatic rings. The Kier molecular flexibility index (Phi) is 4.22. The summed E-state index contributed by atoms with van der Waals surface area (Å²) in [4.78, 5) is 25.9. The molecule has 2 aromatic carbocycles. The molecular weight excluding hydrogens is 375 g/mol. The molecule has 0 aliphatic heterocycles. The van der Waals surface area contributed by atoms with Crippen LogP contribution in [0.3, 0.4) is 0 Å². The van der Waals surface area contributed by atoms with Crippen molar-refractivity contribution < 1.29 is 4.39 Å². The van der Waals surface area contributed by atoms with Gasteiger partial charge in [0.25, 0.3) is 5.56 Å². The number of benzene rings is 2. The van der Waals surface area contributed by atoms with Crippen molar-refractivity contribution >= 4 is 33.2 Å². The highest BCUT2D eigenvalue weighted by Crippen LogP contribution is 2.18. The van der Waals surface area contributed by atoms with Crippen molar-refractivity contribution in [1.29, 1.82) is 0 Å². The van der Waals surface area contributed by atoms with Gasteiger partial charge in [0.1, 0.15) is 10.5 Å². The molecule has 0 aliphatic carbocycles. The molecule has 0 atom stereocenters. The second kappa shape index (κ2) is 6.55. The topological polar surface area (TPSA) is 44.0 Å². The smallest absolute Gasteiger partial charge is 0.288 e. The van der Waals surface area contributed by atoms with Gasteiger partial charge in [0.05, 0.1) is 17.7 Å². The molecule has 4 nitrogen and oxygen atoms in total. The summed E-state index contributed by atoms with van der Waals surface area (Å²) in [5.74, 6) is -0.510. The van der Waals surface area contributed by atoms with Gasteiger partial charge in [0.15, 0.2) is 0 Å². The van der Waals surface area contributed by atoms with E-state index in [2.05, 4.69) is 0 Å². The predicted molar refractivity (Wildman–Crippen MR) is 102 cm³/mol. The Morgan fingerprint density at radius 1 is 1.04 bits per heavy atom. The number of nitrogens with zero attached hydrogens (tertiary/aromatic N) is 2. The summed E-state index contributed by atoms with van der Waals surface area (Å²) in [6.07, 6.45) is 0. The van der Waals surface area contributed by atoms with Crippen molar-refractivity contribution in [2.24, 2.45) is 0 Å². The molecule has 0 saturated heterocycles. The number of hydrogen-bond donors (Lipinski definition) is 0. The zero-order valence-corrected chi connectivity index (χ0v) is 14.9. The Morgan fingerprint density at radius 3 is 2.54 bits per heavy atom. The van der Waals surface area contributed by atoms with E-state index in [0.717, 1.165) is 10.1 Å². The number of thiophene rings is 1. The van der Waals surface area contributed by atoms with E-state index in [1.165, 1.54) is 40.2 Å². The van der Waals surface area contributed by atoms with Gasteiger partial charge in [0.2, 0.25) is 0 Å². The highest BCUT2D eigenvalue weighted by atomic mass is 35.5. The van der Waals surface area contributed by atoms with Crippen LogP contribution >= 0.6 is 22.9 Å². The zero-order chi connectivity index (χ0) is 18.3. The summed E-state index contributed by atoms with van der Waals surface area (Å²) in [6, 6.07) is 14.3. The molecule has 0 aliphatic rings. The lowest BCUT2D eigenvalue weighted by atomic mass is 10.2. The number of rotatable bonds is 3. The first kappa shape index (κ1) is 16.8. The van der Waals surface area contributed by atoms with Crippen molar-refractivity contribution in [3.05, 3.63) is 97.2 Å². The van der Waals surface area contributed by atoms with E-state index in [4.69, 9.17) is 11.6 Å². The first-order valence-electron chi connectivity index (χ1n) is 7.78. The Labute approximate surface area is 156 Å². The number of hydrogen-bond acceptors (Lipinski definition) is 3. The van der Waals surface area contributed by atoms with Crippen LogP contribution in [0, 0.1) is 5.82 Å². The average Bonchev–Trinajstić information content (AvgIpc) is 3.10. The maximum absolute atomic E-state index is 13.6. The van der Waals surface area contributed by atoms with Gasteiger partial charge in [-0.15, -0.1) is 11.3 Å². The highest BCUT2D eigenvalue weighted by molar-refractivity contribution is 7.17. The minimum Gasteiger partial charge on any atom is -0.288 e. The lowest BCUT2D eigenvalue weighted by molar-refractivity contribution is 0.624. The third-order valence-corrected chi connectivity index (χ3v) is 5.22. The van der Waals surface area contributed by atoms with Crippen molar-refractivity contribution in [2.45, 2.75) is 6.54 Å². The summed E-state index contributed by atoms with van der Waals surface area (Å²) >= 11 is 7.17. The summed E-state index contributed by atoms with van der Waals surface area (Å²) in [6.45, 7) is 0.277. The molecule has 2 heterocycles. The second-order valence-corrected chi connectivity index (χ2v) is 7.10. The number of aromatic nitrogens is 2. The third-order valence-electron chi connectivity index (χ3n) is 4.08. The molecule has 2 aromatic heterocycles. The van der Waals surface area contributed by atoms with E-state index in [-0.39, 0.29) is 12.2 Å². The normalized spacial score (nSPS) is 11.2. The van der Waals surface area contributed by atoms with E-state index in [9.17, 15) is 14.0 Å². The van der Waals surface area contributed by atoms with Crippen molar-refractivity contribution in [1.82, 2.24) is 9.13 Å². The Balaban J connectivity index is 1.98. The Bertz CT molecular complexity index is 1220. The summed E-state index contributed by atoms with van der Waals surface area (Å²) in [5.41, 5.74) is 0.681. The molecule has 4 rings (SSSR count). The predicted octanol–water partition coefficient (Wildman–Crippen LogP) is 4.05. The summed E-state index contributed by atoms with van der Waals surface area (Å²) < 4.78 is 16.6. The fourth-order valence-electron chi connectivity index (χ4n) is 2.86. The minimum atomic E-state index is -0.513. The number of fused-ring (bicyclic) bond motifs is 1. The molecule has 0 spiro atoms. The molecule has 0 amide bonds. The maximum Gasteiger partial charge on any atom is 0.336 e. The van der Waals surface area contributed by atoms with Crippen LogP contribution in [0.25, 0.3) is 15.9 Å². The summed E-state index contributed by atoms with van der Waals surface area (Å²) in [5, 5.41) is 2.37. The molecule has 26 heavy (non-hydrogen) atoms. The fraction of sp³-hybridized carbons (Fsp3) is 0.0526. The molecule has 7 heteroatoms.